The van der Waals surface area contributed by atoms with Crippen LogP contribution in [0, 0.1) is 11.3 Å². The molecular weight excluding hydrogens is 404 g/mol. The number of carbonyl (C=O) groups is 4. The molecule has 0 heterocycles. The molecule has 1 rings (SSSR count). The molecule has 1 fully saturated rings. The van der Waals surface area contributed by atoms with Gasteiger partial charge in [-0.25, -0.2) is 4.79 Å². The second-order valence-corrected chi connectivity index (χ2v) is 10.0. The smallest absolute Gasteiger partial charge is 0.408 e. The molecule has 0 aromatic heterocycles. The van der Waals surface area contributed by atoms with Crippen LogP contribution < -0.4 is 5.32 Å². The van der Waals surface area contributed by atoms with Crippen molar-refractivity contribution in [2.24, 2.45) is 11.3 Å². The average Bonchev–Trinajstić information content (AvgIpc) is 3.09. The molecule has 2 N–H and O–H groups in total. The molecule has 1 aliphatic carbocycles. The number of hydrogen-bond acceptors (Lipinski definition) is 6. The lowest BCUT2D eigenvalue weighted by Gasteiger charge is -2.38. The van der Waals surface area contributed by atoms with E-state index >= 15 is 0 Å². The van der Waals surface area contributed by atoms with Crippen LogP contribution in [-0.2, 0) is 23.9 Å². The number of amides is 2. The van der Waals surface area contributed by atoms with Crippen molar-refractivity contribution in [1.82, 2.24) is 10.2 Å². The predicted molar refractivity (Wildman–Crippen MR) is 114 cm³/mol. The SMILES string of the molecule is CCOC(=O)CN(C(=O)C(NC(=O)OC(C)(C)C)[C@@H](C(=O)O)C(C)(C)C)C1CCCC1. The molecule has 0 saturated heterocycles. The van der Waals surface area contributed by atoms with Crippen molar-refractivity contribution in [3.63, 3.8) is 0 Å². The number of carboxylic acids is 1. The van der Waals surface area contributed by atoms with Crippen LogP contribution in [0.5, 0.6) is 0 Å². The minimum absolute atomic E-state index is 0.171. The number of nitrogens with one attached hydrogen (secondary N) is 1. The number of alkyl carbamates (subject to hydrolysis) is 1. The van der Waals surface area contributed by atoms with Crippen LogP contribution in [0.25, 0.3) is 0 Å². The van der Waals surface area contributed by atoms with Gasteiger partial charge in [-0.2, -0.15) is 0 Å². The van der Waals surface area contributed by atoms with E-state index in [4.69, 9.17) is 9.47 Å². The standard InChI is InChI=1S/C22H38N2O7/c1-8-30-15(25)13-24(14-11-9-10-12-14)18(26)17(16(19(27)28)21(2,3)4)23-20(29)31-22(5,6)7/h14,16-17H,8-13H2,1-7H3,(H,23,29)(H,27,28)/t16-,17?/m0/s1. The molecule has 1 saturated carbocycles. The zero-order valence-electron chi connectivity index (χ0n) is 19.8. The van der Waals surface area contributed by atoms with E-state index in [2.05, 4.69) is 5.32 Å². The maximum absolute atomic E-state index is 13.6. The summed E-state index contributed by atoms with van der Waals surface area (Å²) in [5.41, 5.74) is -1.68. The Bertz CT molecular complexity index is 658. The van der Waals surface area contributed by atoms with Gasteiger partial charge in [-0.3, -0.25) is 14.4 Å². The lowest BCUT2D eigenvalue weighted by molar-refractivity contribution is -0.156. The zero-order chi connectivity index (χ0) is 24.0. The number of hydrogen-bond donors (Lipinski definition) is 2. The summed E-state index contributed by atoms with van der Waals surface area (Å²) >= 11 is 0. The summed E-state index contributed by atoms with van der Waals surface area (Å²) in [6, 6.07) is -1.61. The highest BCUT2D eigenvalue weighted by atomic mass is 16.6. The third kappa shape index (κ3) is 8.38. The van der Waals surface area contributed by atoms with Gasteiger partial charge in [-0.1, -0.05) is 33.6 Å². The molecule has 9 nitrogen and oxygen atoms in total. The van der Waals surface area contributed by atoms with Crippen LogP contribution >= 0.6 is 0 Å². The molecule has 0 aromatic rings. The van der Waals surface area contributed by atoms with Crippen LogP contribution in [0.4, 0.5) is 4.79 Å². The van der Waals surface area contributed by atoms with Gasteiger partial charge in [0.25, 0.3) is 0 Å². The number of nitrogens with zero attached hydrogens (tertiary/aromatic N) is 1. The number of ether oxygens (including phenoxy) is 2. The molecule has 9 heteroatoms. The van der Waals surface area contributed by atoms with Gasteiger partial charge in [0.15, 0.2) is 0 Å². The van der Waals surface area contributed by atoms with Crippen molar-refractivity contribution in [3.8, 4) is 0 Å². The van der Waals surface area contributed by atoms with E-state index in [9.17, 15) is 24.3 Å². The largest absolute Gasteiger partial charge is 0.481 e. The summed E-state index contributed by atoms with van der Waals surface area (Å²) in [4.78, 5) is 51.9. The Morgan fingerprint density at radius 3 is 2.03 bits per heavy atom. The molecule has 31 heavy (non-hydrogen) atoms. The lowest BCUT2D eigenvalue weighted by atomic mass is 9.75. The summed E-state index contributed by atoms with van der Waals surface area (Å²) in [7, 11) is 0. The van der Waals surface area contributed by atoms with Gasteiger partial charge < -0.3 is 24.8 Å². The summed E-state index contributed by atoms with van der Waals surface area (Å²) in [6.45, 7) is 11.6. The Hall–Kier alpha value is -2.32. The van der Waals surface area contributed by atoms with Gasteiger partial charge in [0.1, 0.15) is 18.2 Å². The van der Waals surface area contributed by atoms with E-state index in [1.165, 1.54) is 4.90 Å². The highest BCUT2D eigenvalue weighted by molar-refractivity contribution is 5.92. The summed E-state index contributed by atoms with van der Waals surface area (Å²) in [5.74, 6) is -3.64. The lowest BCUT2D eigenvalue weighted by Crippen LogP contribution is -2.59. The second-order valence-electron chi connectivity index (χ2n) is 10.0. The first-order chi connectivity index (χ1) is 14.2. The fraction of sp³-hybridized carbons (Fsp3) is 0.818. The van der Waals surface area contributed by atoms with E-state index in [1.54, 1.807) is 48.5 Å². The number of rotatable bonds is 8. The van der Waals surface area contributed by atoms with E-state index in [0.29, 0.717) is 12.8 Å². The Morgan fingerprint density at radius 2 is 1.61 bits per heavy atom. The normalized spacial score (nSPS) is 16.9. The minimum atomic E-state index is -1.40. The van der Waals surface area contributed by atoms with Gasteiger partial charge >= 0.3 is 18.0 Å². The summed E-state index contributed by atoms with van der Waals surface area (Å²) in [5, 5.41) is 12.4. The Morgan fingerprint density at radius 1 is 1.06 bits per heavy atom. The van der Waals surface area contributed by atoms with Crippen LogP contribution in [0.15, 0.2) is 0 Å². The van der Waals surface area contributed by atoms with Crippen molar-refractivity contribution in [2.45, 2.75) is 91.8 Å². The highest BCUT2D eigenvalue weighted by Crippen LogP contribution is 2.32. The van der Waals surface area contributed by atoms with Gasteiger partial charge in [-0.05, 0) is 46.0 Å². The number of carboxylic acid groups (broad SMARTS) is 1. The van der Waals surface area contributed by atoms with E-state index in [0.717, 1.165) is 12.8 Å². The fourth-order valence-electron chi connectivity index (χ4n) is 3.86. The predicted octanol–water partition coefficient (Wildman–Crippen LogP) is 2.96. The summed E-state index contributed by atoms with van der Waals surface area (Å²) in [6.07, 6.45) is 2.34. The molecule has 1 aliphatic rings. The second kappa shape index (κ2) is 10.8. The maximum Gasteiger partial charge on any atom is 0.408 e. The topological polar surface area (TPSA) is 122 Å². The Balaban J connectivity index is 3.33. The number of aliphatic carboxylic acids is 1. The molecule has 2 atom stereocenters. The molecule has 2 amide bonds. The summed E-state index contributed by atoms with van der Waals surface area (Å²) < 4.78 is 10.3. The molecule has 0 aromatic carbocycles. The first-order valence-corrected chi connectivity index (χ1v) is 10.9. The van der Waals surface area contributed by atoms with Gasteiger partial charge in [0, 0.05) is 6.04 Å². The van der Waals surface area contributed by atoms with Gasteiger partial charge in [-0.15, -0.1) is 0 Å². The molecule has 1 unspecified atom stereocenters. The zero-order valence-corrected chi connectivity index (χ0v) is 19.8. The van der Waals surface area contributed by atoms with Gasteiger partial charge in [0.2, 0.25) is 5.91 Å². The minimum Gasteiger partial charge on any atom is -0.481 e. The number of esters is 1. The first kappa shape index (κ1) is 26.7. The number of carbonyl (C=O) groups excluding carboxylic acids is 3. The highest BCUT2D eigenvalue weighted by Gasteiger charge is 2.46. The third-order valence-electron chi connectivity index (χ3n) is 5.12. The van der Waals surface area contributed by atoms with Crippen molar-refractivity contribution in [2.75, 3.05) is 13.2 Å². The van der Waals surface area contributed by atoms with Gasteiger partial charge in [0.05, 0.1) is 12.5 Å². The monoisotopic (exact) mass is 442 g/mol. The van der Waals surface area contributed by atoms with E-state index < -0.39 is 46.9 Å². The third-order valence-corrected chi connectivity index (χ3v) is 5.12. The van der Waals surface area contributed by atoms with Crippen molar-refractivity contribution in [1.29, 1.82) is 0 Å². The molecule has 0 bridgehead atoms. The van der Waals surface area contributed by atoms with E-state index in [1.807, 2.05) is 0 Å². The van der Waals surface area contributed by atoms with Crippen LogP contribution in [0.3, 0.4) is 0 Å². The maximum atomic E-state index is 13.6. The average molecular weight is 443 g/mol. The Labute approximate surface area is 184 Å². The molecule has 0 aliphatic heterocycles. The van der Waals surface area contributed by atoms with Crippen LogP contribution in [0.1, 0.15) is 74.1 Å². The van der Waals surface area contributed by atoms with Crippen LogP contribution in [-0.4, -0.2) is 64.8 Å². The van der Waals surface area contributed by atoms with Crippen LogP contribution in [0.2, 0.25) is 0 Å². The molecular formula is C22H38N2O7. The quantitative estimate of drug-likeness (QED) is 0.554. The van der Waals surface area contributed by atoms with Crippen molar-refractivity contribution >= 4 is 23.9 Å². The molecule has 178 valence electrons. The molecule has 0 radical (unpaired) electrons. The van der Waals surface area contributed by atoms with Crippen molar-refractivity contribution in [3.05, 3.63) is 0 Å². The Kier molecular flexibility index (Phi) is 9.32. The fourth-order valence-corrected chi connectivity index (χ4v) is 3.86. The van der Waals surface area contributed by atoms with Crippen molar-refractivity contribution < 1.29 is 33.8 Å². The molecule has 0 spiro atoms. The van der Waals surface area contributed by atoms with E-state index in [-0.39, 0.29) is 19.2 Å². The first-order valence-electron chi connectivity index (χ1n) is 10.9.